The van der Waals surface area contributed by atoms with Crippen molar-refractivity contribution in [1.29, 1.82) is 0 Å². The van der Waals surface area contributed by atoms with Crippen LogP contribution in [0.5, 0.6) is 0 Å². The Morgan fingerprint density at radius 3 is 2.27 bits per heavy atom. The van der Waals surface area contributed by atoms with Crippen LogP contribution in [-0.4, -0.2) is 17.9 Å². The van der Waals surface area contributed by atoms with Gasteiger partial charge < -0.3 is 10.6 Å². The van der Waals surface area contributed by atoms with Crippen LogP contribution in [0.25, 0.3) is 0 Å². The summed E-state index contributed by atoms with van der Waals surface area (Å²) in [5, 5.41) is 5.63. The molecule has 2 rings (SSSR count). The number of aryl methyl sites for hydroxylation is 1. The first-order valence-electron chi connectivity index (χ1n) is 8.85. The summed E-state index contributed by atoms with van der Waals surface area (Å²) in [6.07, 6.45) is 1.22. The fourth-order valence-electron chi connectivity index (χ4n) is 2.69. The smallest absolute Gasteiger partial charge is 0.247 e. The number of carbonyl (C=O) groups is 2. The standard InChI is InChI=1S/C21H25FN2O2/c1-15(2)23-21(26)20(17-10-4-3-5-11-17)24-19(25)14-8-12-16-9-6-7-13-18(16)22/h3-7,9-11,13,15,20H,8,12,14H2,1-2H3,(H,23,26)(H,24,25). The first-order valence-corrected chi connectivity index (χ1v) is 8.85. The molecule has 0 aromatic heterocycles. The van der Waals surface area contributed by atoms with Crippen molar-refractivity contribution in [1.82, 2.24) is 10.6 Å². The topological polar surface area (TPSA) is 58.2 Å². The van der Waals surface area contributed by atoms with Crippen molar-refractivity contribution in [3.05, 3.63) is 71.5 Å². The Hall–Kier alpha value is -2.69. The second-order valence-corrected chi connectivity index (χ2v) is 6.52. The molecule has 0 saturated heterocycles. The van der Waals surface area contributed by atoms with Gasteiger partial charge in [-0.3, -0.25) is 9.59 Å². The zero-order chi connectivity index (χ0) is 18.9. The van der Waals surface area contributed by atoms with Gasteiger partial charge in [0.05, 0.1) is 0 Å². The van der Waals surface area contributed by atoms with Crippen molar-refractivity contribution in [2.24, 2.45) is 0 Å². The highest BCUT2D eigenvalue weighted by molar-refractivity contribution is 5.88. The Morgan fingerprint density at radius 2 is 1.62 bits per heavy atom. The van der Waals surface area contributed by atoms with E-state index in [4.69, 9.17) is 0 Å². The fraction of sp³-hybridized carbons (Fsp3) is 0.333. The Kier molecular flexibility index (Phi) is 7.33. The predicted octanol–water partition coefficient (Wildman–Crippen LogP) is 3.53. The van der Waals surface area contributed by atoms with Crippen LogP contribution in [0, 0.1) is 5.82 Å². The maximum Gasteiger partial charge on any atom is 0.247 e. The Labute approximate surface area is 153 Å². The van der Waals surface area contributed by atoms with Gasteiger partial charge >= 0.3 is 0 Å². The summed E-state index contributed by atoms with van der Waals surface area (Å²) < 4.78 is 13.6. The highest BCUT2D eigenvalue weighted by Gasteiger charge is 2.22. The van der Waals surface area contributed by atoms with Crippen molar-refractivity contribution in [3.8, 4) is 0 Å². The molecule has 0 spiro atoms. The molecule has 0 aliphatic carbocycles. The summed E-state index contributed by atoms with van der Waals surface area (Å²) in [6, 6.07) is 14.9. The van der Waals surface area contributed by atoms with E-state index in [1.165, 1.54) is 6.07 Å². The maximum atomic E-state index is 13.6. The molecule has 4 nitrogen and oxygen atoms in total. The van der Waals surface area contributed by atoms with Crippen LogP contribution in [0.2, 0.25) is 0 Å². The third-order valence-electron chi connectivity index (χ3n) is 3.94. The molecule has 0 aliphatic heterocycles. The van der Waals surface area contributed by atoms with Crippen LogP contribution in [-0.2, 0) is 16.0 Å². The number of amides is 2. The van der Waals surface area contributed by atoms with E-state index in [9.17, 15) is 14.0 Å². The van der Waals surface area contributed by atoms with Gasteiger partial charge in [-0.2, -0.15) is 0 Å². The van der Waals surface area contributed by atoms with Gasteiger partial charge in [-0.1, -0.05) is 48.5 Å². The lowest BCUT2D eigenvalue weighted by atomic mass is 10.0. The van der Waals surface area contributed by atoms with Crippen molar-refractivity contribution in [3.63, 3.8) is 0 Å². The van der Waals surface area contributed by atoms with Crippen LogP contribution in [0.4, 0.5) is 4.39 Å². The SMILES string of the molecule is CC(C)NC(=O)C(NC(=O)CCCc1ccccc1F)c1ccccc1. The first kappa shape index (κ1) is 19.6. The van der Waals surface area contributed by atoms with Gasteiger partial charge in [0.1, 0.15) is 11.9 Å². The largest absolute Gasteiger partial charge is 0.352 e. The molecule has 0 fully saturated rings. The van der Waals surface area contributed by atoms with E-state index in [0.717, 1.165) is 5.56 Å². The predicted molar refractivity (Wildman–Crippen MR) is 99.9 cm³/mol. The number of rotatable bonds is 8. The summed E-state index contributed by atoms with van der Waals surface area (Å²) in [5.41, 5.74) is 1.32. The van der Waals surface area contributed by atoms with E-state index in [2.05, 4.69) is 10.6 Å². The molecule has 1 atom stereocenters. The molecule has 5 heteroatoms. The normalized spacial score (nSPS) is 11.8. The second kappa shape index (κ2) is 9.70. The quantitative estimate of drug-likeness (QED) is 0.760. The fourth-order valence-corrected chi connectivity index (χ4v) is 2.69. The van der Waals surface area contributed by atoms with Gasteiger partial charge in [0, 0.05) is 12.5 Å². The summed E-state index contributed by atoms with van der Waals surface area (Å²) >= 11 is 0. The van der Waals surface area contributed by atoms with Gasteiger partial charge in [0.15, 0.2) is 0 Å². The van der Waals surface area contributed by atoms with E-state index < -0.39 is 6.04 Å². The number of benzene rings is 2. The summed E-state index contributed by atoms with van der Waals surface area (Å²) in [4.78, 5) is 24.8. The monoisotopic (exact) mass is 356 g/mol. The summed E-state index contributed by atoms with van der Waals surface area (Å²) in [7, 11) is 0. The first-order chi connectivity index (χ1) is 12.5. The van der Waals surface area contributed by atoms with E-state index in [1.54, 1.807) is 18.2 Å². The molecule has 2 aromatic rings. The number of carbonyl (C=O) groups excluding carboxylic acids is 2. The van der Waals surface area contributed by atoms with E-state index in [1.807, 2.05) is 44.2 Å². The lowest BCUT2D eigenvalue weighted by molar-refractivity contribution is -0.129. The maximum absolute atomic E-state index is 13.6. The van der Waals surface area contributed by atoms with E-state index in [-0.39, 0.29) is 30.1 Å². The minimum Gasteiger partial charge on any atom is -0.352 e. The molecule has 0 aliphatic rings. The molecule has 2 amide bonds. The molecule has 26 heavy (non-hydrogen) atoms. The number of nitrogens with one attached hydrogen (secondary N) is 2. The molecule has 2 aromatic carbocycles. The highest BCUT2D eigenvalue weighted by atomic mass is 19.1. The molecule has 2 N–H and O–H groups in total. The van der Waals surface area contributed by atoms with Crippen molar-refractivity contribution < 1.29 is 14.0 Å². The number of hydrogen-bond acceptors (Lipinski definition) is 2. The molecule has 0 bridgehead atoms. The minimum absolute atomic E-state index is 0.0216. The lowest BCUT2D eigenvalue weighted by Gasteiger charge is -2.20. The number of halogens is 1. The Balaban J connectivity index is 1.95. The molecule has 138 valence electrons. The third-order valence-corrected chi connectivity index (χ3v) is 3.94. The zero-order valence-electron chi connectivity index (χ0n) is 15.2. The van der Waals surface area contributed by atoms with E-state index in [0.29, 0.717) is 18.4 Å². The molecular weight excluding hydrogens is 331 g/mol. The summed E-state index contributed by atoms with van der Waals surface area (Å²) in [6.45, 7) is 3.74. The Morgan fingerprint density at radius 1 is 0.962 bits per heavy atom. The Bertz CT molecular complexity index is 732. The van der Waals surface area contributed by atoms with Gasteiger partial charge in [0.25, 0.3) is 0 Å². The van der Waals surface area contributed by atoms with Crippen LogP contribution in [0.15, 0.2) is 54.6 Å². The lowest BCUT2D eigenvalue weighted by Crippen LogP contribution is -2.42. The van der Waals surface area contributed by atoms with Gasteiger partial charge in [-0.05, 0) is 43.9 Å². The average Bonchev–Trinajstić information content (AvgIpc) is 2.61. The van der Waals surface area contributed by atoms with E-state index >= 15 is 0 Å². The minimum atomic E-state index is -0.737. The van der Waals surface area contributed by atoms with Crippen LogP contribution in [0.3, 0.4) is 0 Å². The van der Waals surface area contributed by atoms with Gasteiger partial charge in [-0.25, -0.2) is 4.39 Å². The highest BCUT2D eigenvalue weighted by Crippen LogP contribution is 2.15. The van der Waals surface area contributed by atoms with Crippen molar-refractivity contribution in [2.45, 2.75) is 45.2 Å². The average molecular weight is 356 g/mol. The summed E-state index contributed by atoms with van der Waals surface area (Å²) in [5.74, 6) is -0.728. The van der Waals surface area contributed by atoms with Crippen LogP contribution < -0.4 is 10.6 Å². The van der Waals surface area contributed by atoms with Crippen LogP contribution in [0.1, 0.15) is 43.9 Å². The zero-order valence-corrected chi connectivity index (χ0v) is 15.2. The van der Waals surface area contributed by atoms with Gasteiger partial charge in [0.2, 0.25) is 11.8 Å². The third kappa shape index (κ3) is 5.99. The molecule has 0 radical (unpaired) electrons. The van der Waals surface area contributed by atoms with Crippen molar-refractivity contribution >= 4 is 11.8 Å². The number of hydrogen-bond donors (Lipinski definition) is 2. The second-order valence-electron chi connectivity index (χ2n) is 6.52. The molecule has 0 saturated carbocycles. The molecule has 1 unspecified atom stereocenters. The van der Waals surface area contributed by atoms with Crippen molar-refractivity contribution in [2.75, 3.05) is 0 Å². The molecule has 0 heterocycles. The van der Waals surface area contributed by atoms with Gasteiger partial charge in [-0.15, -0.1) is 0 Å². The van der Waals surface area contributed by atoms with Crippen LogP contribution >= 0.6 is 0 Å². The molecular formula is C21H25FN2O2.